The third kappa shape index (κ3) is 3.54. The fraction of sp³-hybridized carbons (Fsp3) is 0.125. The second kappa shape index (κ2) is 6.62. The molecule has 114 valence electrons. The molecule has 0 bridgehead atoms. The maximum atomic E-state index is 11.9. The SMILES string of the molecule is COc1ccc(/C=C/C(=O)Nn2ccc(=O)c(O)c2C)cc1. The number of hydrogen-bond donors (Lipinski definition) is 2. The van der Waals surface area contributed by atoms with Crippen molar-refractivity contribution in [3.8, 4) is 11.5 Å². The molecule has 6 nitrogen and oxygen atoms in total. The van der Waals surface area contributed by atoms with Gasteiger partial charge in [0.15, 0.2) is 5.75 Å². The smallest absolute Gasteiger partial charge is 0.262 e. The van der Waals surface area contributed by atoms with Gasteiger partial charge >= 0.3 is 0 Å². The van der Waals surface area contributed by atoms with Gasteiger partial charge in [-0.3, -0.25) is 19.7 Å². The number of carbonyl (C=O) groups excluding carboxylic acids is 1. The van der Waals surface area contributed by atoms with Crippen LogP contribution in [0.5, 0.6) is 11.5 Å². The zero-order valence-electron chi connectivity index (χ0n) is 12.2. The first-order valence-electron chi connectivity index (χ1n) is 6.55. The molecule has 0 unspecified atom stereocenters. The normalized spacial score (nSPS) is 10.6. The van der Waals surface area contributed by atoms with Crippen molar-refractivity contribution in [1.82, 2.24) is 4.68 Å². The van der Waals surface area contributed by atoms with Crippen molar-refractivity contribution in [2.24, 2.45) is 0 Å². The van der Waals surface area contributed by atoms with Crippen LogP contribution in [0.4, 0.5) is 0 Å². The van der Waals surface area contributed by atoms with Gasteiger partial charge in [0, 0.05) is 18.3 Å². The number of nitrogens with zero attached hydrogens (tertiary/aromatic N) is 1. The third-order valence-corrected chi connectivity index (χ3v) is 3.09. The molecule has 1 aromatic heterocycles. The average Bonchev–Trinajstić information content (AvgIpc) is 2.54. The second-order valence-electron chi connectivity index (χ2n) is 4.57. The van der Waals surface area contributed by atoms with E-state index >= 15 is 0 Å². The van der Waals surface area contributed by atoms with Crippen LogP contribution in [0.3, 0.4) is 0 Å². The van der Waals surface area contributed by atoms with Crippen molar-refractivity contribution in [2.45, 2.75) is 6.92 Å². The maximum absolute atomic E-state index is 11.9. The van der Waals surface area contributed by atoms with Gasteiger partial charge in [-0.05, 0) is 30.7 Å². The first-order valence-corrected chi connectivity index (χ1v) is 6.55. The van der Waals surface area contributed by atoms with Crippen molar-refractivity contribution in [2.75, 3.05) is 12.5 Å². The number of methoxy groups -OCH3 is 1. The number of pyridine rings is 1. The molecule has 0 spiro atoms. The Kier molecular flexibility index (Phi) is 4.63. The number of aromatic hydroxyl groups is 1. The lowest BCUT2D eigenvalue weighted by atomic mass is 10.2. The van der Waals surface area contributed by atoms with Crippen LogP contribution in [0, 0.1) is 6.92 Å². The zero-order valence-corrected chi connectivity index (χ0v) is 12.2. The number of ether oxygens (including phenoxy) is 1. The van der Waals surface area contributed by atoms with E-state index < -0.39 is 5.43 Å². The molecule has 1 heterocycles. The second-order valence-corrected chi connectivity index (χ2v) is 4.57. The summed E-state index contributed by atoms with van der Waals surface area (Å²) in [7, 11) is 1.58. The number of aromatic nitrogens is 1. The monoisotopic (exact) mass is 300 g/mol. The minimum atomic E-state index is -0.489. The molecule has 6 heteroatoms. The summed E-state index contributed by atoms with van der Waals surface area (Å²) >= 11 is 0. The Morgan fingerprint density at radius 3 is 2.59 bits per heavy atom. The number of hydrogen-bond acceptors (Lipinski definition) is 4. The third-order valence-electron chi connectivity index (χ3n) is 3.09. The molecule has 0 saturated carbocycles. The summed E-state index contributed by atoms with van der Waals surface area (Å²) in [6.45, 7) is 1.53. The molecule has 0 aliphatic rings. The number of amides is 1. The van der Waals surface area contributed by atoms with Gasteiger partial charge in [0.05, 0.1) is 12.8 Å². The van der Waals surface area contributed by atoms with Gasteiger partial charge in [-0.25, -0.2) is 0 Å². The Hall–Kier alpha value is -3.02. The quantitative estimate of drug-likeness (QED) is 0.841. The highest BCUT2D eigenvalue weighted by atomic mass is 16.5. The molecule has 1 amide bonds. The maximum Gasteiger partial charge on any atom is 0.262 e. The molecule has 1 aromatic carbocycles. The Balaban J connectivity index is 2.08. The molecular weight excluding hydrogens is 284 g/mol. The molecule has 2 aromatic rings. The number of rotatable bonds is 4. The van der Waals surface area contributed by atoms with Crippen LogP contribution >= 0.6 is 0 Å². The fourth-order valence-electron chi connectivity index (χ4n) is 1.79. The van der Waals surface area contributed by atoms with Gasteiger partial charge in [-0.2, -0.15) is 0 Å². The van der Waals surface area contributed by atoms with E-state index in [2.05, 4.69) is 5.43 Å². The number of nitrogens with one attached hydrogen (secondary N) is 1. The molecule has 0 fully saturated rings. The molecule has 0 atom stereocenters. The topological polar surface area (TPSA) is 80.6 Å². The largest absolute Gasteiger partial charge is 0.503 e. The lowest BCUT2D eigenvalue weighted by Crippen LogP contribution is -2.24. The van der Waals surface area contributed by atoms with Crippen LogP contribution in [0.1, 0.15) is 11.3 Å². The lowest BCUT2D eigenvalue weighted by molar-refractivity contribution is -0.112. The average molecular weight is 300 g/mol. The molecular formula is C16H16N2O4. The van der Waals surface area contributed by atoms with Gasteiger partial charge in [-0.1, -0.05) is 12.1 Å². The summed E-state index contributed by atoms with van der Waals surface area (Å²) in [5, 5.41) is 9.54. The predicted molar refractivity (Wildman–Crippen MR) is 83.5 cm³/mol. The molecule has 0 radical (unpaired) electrons. The Morgan fingerprint density at radius 1 is 1.27 bits per heavy atom. The summed E-state index contributed by atoms with van der Waals surface area (Å²) in [5.74, 6) is -0.0372. The summed E-state index contributed by atoms with van der Waals surface area (Å²) in [6.07, 6.45) is 4.39. The van der Waals surface area contributed by atoms with Gasteiger partial charge in [0.25, 0.3) is 5.91 Å². The number of carbonyl (C=O) groups is 1. The highest BCUT2D eigenvalue weighted by molar-refractivity contribution is 5.97. The van der Waals surface area contributed by atoms with E-state index in [0.717, 1.165) is 11.3 Å². The van der Waals surface area contributed by atoms with Gasteiger partial charge < -0.3 is 9.84 Å². The highest BCUT2D eigenvalue weighted by Crippen LogP contribution is 2.12. The zero-order chi connectivity index (χ0) is 16.1. The highest BCUT2D eigenvalue weighted by Gasteiger charge is 2.06. The summed E-state index contributed by atoms with van der Waals surface area (Å²) in [6, 6.07) is 8.40. The van der Waals surface area contributed by atoms with Gasteiger partial charge in [0.2, 0.25) is 5.43 Å². The van der Waals surface area contributed by atoms with Crippen molar-refractivity contribution in [3.63, 3.8) is 0 Å². The molecule has 0 aliphatic carbocycles. The van der Waals surface area contributed by atoms with Crippen LogP contribution in [-0.2, 0) is 4.79 Å². The summed E-state index contributed by atoms with van der Waals surface area (Å²) in [4.78, 5) is 23.1. The Labute approximate surface area is 127 Å². The molecule has 0 saturated heterocycles. The molecule has 0 aliphatic heterocycles. The van der Waals surface area contributed by atoms with Crippen LogP contribution in [0.25, 0.3) is 6.08 Å². The summed E-state index contributed by atoms with van der Waals surface area (Å²) < 4.78 is 6.34. The van der Waals surface area contributed by atoms with Crippen molar-refractivity contribution >= 4 is 12.0 Å². The predicted octanol–water partition coefficient (Wildman–Crippen LogP) is 1.65. The van der Waals surface area contributed by atoms with Crippen LogP contribution in [-0.4, -0.2) is 22.8 Å². The van der Waals surface area contributed by atoms with Crippen LogP contribution in [0.2, 0.25) is 0 Å². The fourth-order valence-corrected chi connectivity index (χ4v) is 1.79. The minimum Gasteiger partial charge on any atom is -0.503 e. The van der Waals surface area contributed by atoms with E-state index in [4.69, 9.17) is 4.74 Å². The Morgan fingerprint density at radius 2 is 1.95 bits per heavy atom. The minimum absolute atomic E-state index is 0.263. The van der Waals surface area contributed by atoms with Crippen molar-refractivity contribution in [1.29, 1.82) is 0 Å². The molecule has 2 rings (SSSR count). The standard InChI is InChI=1S/C16H16N2O4/c1-11-16(21)14(19)9-10-18(11)17-15(20)8-5-12-3-6-13(22-2)7-4-12/h3-10,21H,1-2H3,(H,17,20)/b8-5+. The first kappa shape index (κ1) is 15.4. The van der Waals surface area contributed by atoms with E-state index in [1.807, 2.05) is 12.1 Å². The van der Waals surface area contributed by atoms with E-state index in [0.29, 0.717) is 0 Å². The lowest BCUT2D eigenvalue weighted by Gasteiger charge is -2.11. The summed E-state index contributed by atoms with van der Waals surface area (Å²) in [5.41, 5.74) is 3.15. The van der Waals surface area contributed by atoms with E-state index in [9.17, 15) is 14.7 Å². The van der Waals surface area contributed by atoms with Crippen LogP contribution < -0.4 is 15.6 Å². The first-order chi connectivity index (χ1) is 10.5. The van der Waals surface area contributed by atoms with E-state index in [-0.39, 0.29) is 17.4 Å². The van der Waals surface area contributed by atoms with E-state index in [1.165, 1.54) is 29.9 Å². The van der Waals surface area contributed by atoms with Gasteiger partial charge in [0.1, 0.15) is 5.75 Å². The number of benzene rings is 1. The van der Waals surface area contributed by atoms with Crippen molar-refractivity contribution < 1.29 is 14.6 Å². The Bertz CT molecular complexity index is 761. The van der Waals surface area contributed by atoms with Gasteiger partial charge in [-0.15, -0.1) is 0 Å². The van der Waals surface area contributed by atoms with Crippen LogP contribution in [0.15, 0.2) is 47.4 Å². The van der Waals surface area contributed by atoms with E-state index in [1.54, 1.807) is 25.3 Å². The molecule has 22 heavy (non-hydrogen) atoms. The molecule has 2 N–H and O–H groups in total. The van der Waals surface area contributed by atoms with Crippen molar-refractivity contribution in [3.05, 3.63) is 64.1 Å².